The van der Waals surface area contributed by atoms with Crippen molar-refractivity contribution in [1.82, 2.24) is 10.3 Å². The molecule has 0 saturated carbocycles. The minimum atomic E-state index is -3.85. The van der Waals surface area contributed by atoms with Crippen LogP contribution < -0.4 is 10.0 Å². The lowest BCUT2D eigenvalue weighted by Gasteiger charge is -2.21. The smallest absolute Gasteiger partial charge is 0.263 e. The van der Waals surface area contributed by atoms with Crippen molar-refractivity contribution in [2.24, 2.45) is 0 Å². The van der Waals surface area contributed by atoms with Gasteiger partial charge in [-0.2, -0.15) is 0 Å². The average molecular weight is 307 g/mol. The Balaban J connectivity index is 1.96. The highest BCUT2D eigenvalue weighted by atomic mass is 32.2. The maximum absolute atomic E-state index is 13.1. The van der Waals surface area contributed by atoms with Gasteiger partial charge in [-0.1, -0.05) is 12.1 Å². The predicted molar refractivity (Wildman–Crippen MR) is 76.9 cm³/mol. The standard InChI is InChI=1S/C14H14FN3O2S/c15-11-6-12(8-17-7-11)21(19,20)18-14-3-1-2-10-4-5-16-9-13(10)14/h1-3,6-8,16,18H,4-5,9H2. The van der Waals surface area contributed by atoms with Crippen molar-refractivity contribution < 1.29 is 12.8 Å². The van der Waals surface area contributed by atoms with Crippen molar-refractivity contribution in [3.63, 3.8) is 0 Å². The van der Waals surface area contributed by atoms with E-state index in [2.05, 4.69) is 15.0 Å². The maximum atomic E-state index is 13.1. The second-order valence-corrected chi connectivity index (χ2v) is 6.50. The van der Waals surface area contributed by atoms with Crippen LogP contribution in [-0.4, -0.2) is 19.9 Å². The Bertz CT molecular complexity index is 778. The van der Waals surface area contributed by atoms with Crippen LogP contribution in [0, 0.1) is 5.82 Å². The molecule has 1 aliphatic rings. The number of sulfonamides is 1. The van der Waals surface area contributed by atoms with Crippen LogP contribution in [0.5, 0.6) is 0 Å². The minimum Gasteiger partial charge on any atom is -0.312 e. The zero-order chi connectivity index (χ0) is 14.9. The molecule has 1 aromatic carbocycles. The summed E-state index contributed by atoms with van der Waals surface area (Å²) in [4.78, 5) is 3.38. The number of hydrogen-bond acceptors (Lipinski definition) is 4. The number of aromatic nitrogens is 1. The molecule has 2 N–H and O–H groups in total. The van der Waals surface area contributed by atoms with Gasteiger partial charge in [0.15, 0.2) is 0 Å². The van der Waals surface area contributed by atoms with Gasteiger partial charge in [0, 0.05) is 12.7 Å². The van der Waals surface area contributed by atoms with Crippen LogP contribution in [0.3, 0.4) is 0 Å². The molecule has 0 unspecified atom stereocenters. The van der Waals surface area contributed by atoms with Gasteiger partial charge in [0.25, 0.3) is 10.0 Å². The highest BCUT2D eigenvalue weighted by molar-refractivity contribution is 7.92. The van der Waals surface area contributed by atoms with E-state index in [1.165, 1.54) is 0 Å². The molecule has 3 rings (SSSR count). The molecule has 0 saturated heterocycles. The minimum absolute atomic E-state index is 0.191. The Morgan fingerprint density at radius 3 is 2.95 bits per heavy atom. The lowest BCUT2D eigenvalue weighted by atomic mass is 10.00. The van der Waals surface area contributed by atoms with Gasteiger partial charge in [-0.25, -0.2) is 12.8 Å². The molecule has 0 atom stereocenters. The van der Waals surface area contributed by atoms with Crippen LogP contribution in [0.1, 0.15) is 11.1 Å². The van der Waals surface area contributed by atoms with E-state index in [4.69, 9.17) is 0 Å². The van der Waals surface area contributed by atoms with Gasteiger partial charge in [-0.3, -0.25) is 9.71 Å². The molecule has 7 heteroatoms. The van der Waals surface area contributed by atoms with E-state index in [0.717, 1.165) is 42.6 Å². The number of nitrogens with one attached hydrogen (secondary N) is 2. The van der Waals surface area contributed by atoms with E-state index in [1.807, 2.05) is 12.1 Å². The predicted octanol–water partition coefficient (Wildman–Crippen LogP) is 1.67. The highest BCUT2D eigenvalue weighted by Gasteiger charge is 2.19. The molecular formula is C14H14FN3O2S. The van der Waals surface area contributed by atoms with Crippen molar-refractivity contribution in [1.29, 1.82) is 0 Å². The fourth-order valence-electron chi connectivity index (χ4n) is 2.35. The quantitative estimate of drug-likeness (QED) is 0.905. The Morgan fingerprint density at radius 2 is 2.14 bits per heavy atom. The van der Waals surface area contributed by atoms with Crippen LogP contribution >= 0.6 is 0 Å². The summed E-state index contributed by atoms with van der Waals surface area (Å²) in [5.74, 6) is -0.686. The monoisotopic (exact) mass is 307 g/mol. The van der Waals surface area contributed by atoms with E-state index in [1.54, 1.807) is 6.07 Å². The van der Waals surface area contributed by atoms with Gasteiger partial charge >= 0.3 is 0 Å². The molecule has 0 bridgehead atoms. The zero-order valence-corrected chi connectivity index (χ0v) is 12.0. The molecule has 2 aromatic rings. The lowest BCUT2D eigenvalue weighted by molar-refractivity contribution is 0.592. The average Bonchev–Trinajstić information content (AvgIpc) is 2.47. The van der Waals surface area contributed by atoms with Crippen molar-refractivity contribution in [3.05, 3.63) is 53.6 Å². The molecular weight excluding hydrogens is 293 g/mol. The second-order valence-electron chi connectivity index (χ2n) is 4.81. The van der Waals surface area contributed by atoms with Crippen LogP contribution in [-0.2, 0) is 23.0 Å². The Hall–Kier alpha value is -1.99. The summed E-state index contributed by atoms with van der Waals surface area (Å²) in [6.07, 6.45) is 2.94. The summed E-state index contributed by atoms with van der Waals surface area (Å²) in [6.45, 7) is 1.48. The SMILES string of the molecule is O=S(=O)(Nc1cccc2c1CNCC2)c1cncc(F)c1. The lowest BCUT2D eigenvalue weighted by Crippen LogP contribution is -2.25. The Kier molecular flexibility index (Phi) is 3.60. The van der Waals surface area contributed by atoms with Crippen molar-refractivity contribution >= 4 is 15.7 Å². The zero-order valence-electron chi connectivity index (χ0n) is 11.1. The normalized spacial score (nSPS) is 14.5. The van der Waals surface area contributed by atoms with Gasteiger partial charge in [-0.15, -0.1) is 0 Å². The first-order valence-electron chi connectivity index (χ1n) is 6.51. The third-order valence-corrected chi connectivity index (χ3v) is 4.71. The van der Waals surface area contributed by atoms with Crippen molar-refractivity contribution in [2.75, 3.05) is 11.3 Å². The largest absolute Gasteiger partial charge is 0.312 e. The van der Waals surface area contributed by atoms with Gasteiger partial charge in [0.1, 0.15) is 10.7 Å². The molecule has 110 valence electrons. The van der Waals surface area contributed by atoms with E-state index in [0.29, 0.717) is 12.2 Å². The summed E-state index contributed by atoms with van der Waals surface area (Å²) in [7, 11) is -3.85. The van der Waals surface area contributed by atoms with Crippen LogP contribution in [0.2, 0.25) is 0 Å². The van der Waals surface area contributed by atoms with Gasteiger partial charge in [0.05, 0.1) is 11.9 Å². The summed E-state index contributed by atoms with van der Waals surface area (Å²) in [5.41, 5.74) is 2.56. The Morgan fingerprint density at radius 1 is 1.29 bits per heavy atom. The fourth-order valence-corrected chi connectivity index (χ4v) is 3.42. The third-order valence-electron chi connectivity index (χ3n) is 3.38. The summed E-state index contributed by atoms with van der Waals surface area (Å²) >= 11 is 0. The van der Waals surface area contributed by atoms with Crippen molar-refractivity contribution in [2.45, 2.75) is 17.9 Å². The van der Waals surface area contributed by atoms with E-state index in [-0.39, 0.29) is 4.90 Å². The number of rotatable bonds is 3. The number of halogens is 1. The molecule has 0 fully saturated rings. The number of anilines is 1. The molecule has 5 nitrogen and oxygen atoms in total. The van der Waals surface area contributed by atoms with Crippen LogP contribution in [0.25, 0.3) is 0 Å². The van der Waals surface area contributed by atoms with Crippen LogP contribution in [0.4, 0.5) is 10.1 Å². The highest BCUT2D eigenvalue weighted by Crippen LogP contribution is 2.25. The first-order chi connectivity index (χ1) is 10.1. The molecule has 21 heavy (non-hydrogen) atoms. The molecule has 1 aromatic heterocycles. The number of pyridine rings is 1. The van der Waals surface area contributed by atoms with Crippen molar-refractivity contribution in [3.8, 4) is 0 Å². The van der Waals surface area contributed by atoms with Crippen LogP contribution in [0.15, 0.2) is 41.6 Å². The van der Waals surface area contributed by atoms with E-state index < -0.39 is 15.8 Å². The maximum Gasteiger partial charge on any atom is 0.263 e. The Labute approximate surface area is 122 Å². The first-order valence-corrected chi connectivity index (χ1v) is 7.99. The van der Waals surface area contributed by atoms with Gasteiger partial charge in [-0.05, 0) is 36.2 Å². The first kappa shape index (κ1) is 14.0. The number of benzene rings is 1. The fraction of sp³-hybridized carbons (Fsp3) is 0.214. The molecule has 0 amide bonds. The third kappa shape index (κ3) is 2.88. The summed E-state index contributed by atoms with van der Waals surface area (Å²) < 4.78 is 40.3. The molecule has 0 aliphatic carbocycles. The molecule has 0 radical (unpaired) electrons. The van der Waals surface area contributed by atoms with Gasteiger partial charge in [0.2, 0.25) is 0 Å². The topological polar surface area (TPSA) is 71.1 Å². The number of fused-ring (bicyclic) bond motifs is 1. The summed E-state index contributed by atoms with van der Waals surface area (Å²) in [6, 6.07) is 6.45. The number of hydrogen-bond donors (Lipinski definition) is 2. The molecule has 0 spiro atoms. The second kappa shape index (κ2) is 5.42. The van der Waals surface area contributed by atoms with Gasteiger partial charge < -0.3 is 5.32 Å². The summed E-state index contributed by atoms with van der Waals surface area (Å²) in [5, 5.41) is 3.21. The van der Waals surface area contributed by atoms with E-state index in [9.17, 15) is 12.8 Å². The van der Waals surface area contributed by atoms with E-state index >= 15 is 0 Å². The number of nitrogens with zero attached hydrogens (tertiary/aromatic N) is 1. The molecule has 1 aliphatic heterocycles. The molecule has 2 heterocycles.